The van der Waals surface area contributed by atoms with Gasteiger partial charge in [-0.15, -0.1) is 0 Å². The van der Waals surface area contributed by atoms with Crippen LogP contribution < -0.4 is 5.32 Å². The van der Waals surface area contributed by atoms with Crippen LogP contribution in [0.25, 0.3) is 44.5 Å². The van der Waals surface area contributed by atoms with Crippen LogP contribution in [0.4, 0.5) is 5.82 Å². The minimum atomic E-state index is 0.793. The molecule has 0 saturated heterocycles. The predicted molar refractivity (Wildman–Crippen MR) is 118 cm³/mol. The summed E-state index contributed by atoms with van der Waals surface area (Å²) in [6.45, 7) is 0. The number of pyridine rings is 3. The van der Waals surface area contributed by atoms with Gasteiger partial charge in [0.2, 0.25) is 0 Å². The molecule has 1 aromatic carbocycles. The van der Waals surface area contributed by atoms with Crippen LogP contribution in [-0.2, 0) is 0 Å². The van der Waals surface area contributed by atoms with Crippen LogP contribution >= 0.6 is 0 Å². The van der Waals surface area contributed by atoms with Crippen molar-refractivity contribution in [2.45, 2.75) is 0 Å². The van der Waals surface area contributed by atoms with E-state index in [2.05, 4.69) is 61.7 Å². The molecule has 0 spiro atoms. The zero-order valence-corrected chi connectivity index (χ0v) is 15.9. The van der Waals surface area contributed by atoms with E-state index in [1.165, 1.54) is 5.39 Å². The molecule has 0 amide bonds. The third-order valence-electron chi connectivity index (χ3n) is 4.99. The first-order valence-electron chi connectivity index (χ1n) is 9.45. The number of anilines is 1. The fourth-order valence-corrected chi connectivity index (χ4v) is 3.55. The second-order valence-corrected chi connectivity index (χ2v) is 6.80. The molecule has 0 radical (unpaired) electrons. The lowest BCUT2D eigenvalue weighted by molar-refractivity contribution is 1.23. The van der Waals surface area contributed by atoms with Crippen LogP contribution in [0, 0.1) is 0 Å². The number of fused-ring (bicyclic) bond motifs is 1. The molecular formula is C24H19N5. The zero-order chi connectivity index (χ0) is 19.6. The molecular weight excluding hydrogens is 358 g/mol. The molecule has 2 N–H and O–H groups in total. The highest BCUT2D eigenvalue weighted by molar-refractivity contribution is 5.95. The Morgan fingerprint density at radius 2 is 1.76 bits per heavy atom. The highest BCUT2D eigenvalue weighted by atomic mass is 15.0. The van der Waals surface area contributed by atoms with Crippen LogP contribution in [0.15, 0.2) is 85.5 Å². The average Bonchev–Trinajstić information content (AvgIpc) is 3.28. The van der Waals surface area contributed by atoms with Gasteiger partial charge in [0, 0.05) is 53.9 Å². The third-order valence-corrected chi connectivity index (χ3v) is 4.99. The molecule has 5 rings (SSSR count). The van der Waals surface area contributed by atoms with E-state index in [4.69, 9.17) is 0 Å². The van der Waals surface area contributed by atoms with Gasteiger partial charge in [0.15, 0.2) is 0 Å². The first kappa shape index (κ1) is 17.1. The normalized spacial score (nSPS) is 10.9. The van der Waals surface area contributed by atoms with E-state index in [1.54, 1.807) is 6.20 Å². The lowest BCUT2D eigenvalue weighted by Crippen LogP contribution is -1.96. The molecule has 0 aliphatic rings. The Balaban J connectivity index is 1.64. The molecule has 0 atom stereocenters. The molecule has 5 aromatic rings. The minimum absolute atomic E-state index is 0.793. The summed E-state index contributed by atoms with van der Waals surface area (Å²) in [4.78, 5) is 16.9. The van der Waals surface area contributed by atoms with Gasteiger partial charge in [-0.05, 0) is 53.6 Å². The van der Waals surface area contributed by atoms with Gasteiger partial charge in [-0.3, -0.25) is 9.97 Å². The van der Waals surface area contributed by atoms with Crippen molar-refractivity contribution < 1.29 is 0 Å². The van der Waals surface area contributed by atoms with Crippen molar-refractivity contribution >= 4 is 16.7 Å². The van der Waals surface area contributed by atoms with Gasteiger partial charge < -0.3 is 10.3 Å². The number of aromatic amines is 1. The van der Waals surface area contributed by atoms with Gasteiger partial charge in [-0.2, -0.15) is 0 Å². The van der Waals surface area contributed by atoms with Gasteiger partial charge >= 0.3 is 0 Å². The third kappa shape index (κ3) is 3.23. The highest BCUT2D eigenvalue weighted by Crippen LogP contribution is 2.32. The predicted octanol–water partition coefficient (Wildman–Crippen LogP) is 5.40. The fraction of sp³-hybridized carbons (Fsp3) is 0.0417. The molecule has 4 aromatic heterocycles. The molecule has 140 valence electrons. The Bertz CT molecular complexity index is 1290. The number of aromatic nitrogens is 4. The van der Waals surface area contributed by atoms with E-state index in [1.807, 2.05) is 49.9 Å². The summed E-state index contributed by atoms with van der Waals surface area (Å²) in [7, 11) is 1.87. The van der Waals surface area contributed by atoms with E-state index >= 15 is 0 Å². The second kappa shape index (κ2) is 7.20. The standard InChI is InChI=1S/C24H19N5/c1-25-24-13-16(12-23(29-24)22-6-2-3-9-27-22)17-11-18(15-26-14-17)19-5-4-7-21-20(19)8-10-28-21/h2-15,28H,1H3,(H,25,29). The van der Waals surface area contributed by atoms with Crippen molar-refractivity contribution in [3.8, 4) is 33.6 Å². The SMILES string of the molecule is CNc1cc(-c2cncc(-c3cccc4[nH]ccc34)c2)cc(-c2ccccn2)n1. The molecule has 29 heavy (non-hydrogen) atoms. The Labute approximate surface area is 168 Å². The first-order valence-corrected chi connectivity index (χ1v) is 9.45. The maximum atomic E-state index is 4.66. The number of nitrogens with zero attached hydrogens (tertiary/aromatic N) is 3. The molecule has 0 bridgehead atoms. The summed E-state index contributed by atoms with van der Waals surface area (Å²) < 4.78 is 0. The van der Waals surface area contributed by atoms with Crippen molar-refractivity contribution in [1.82, 2.24) is 19.9 Å². The molecule has 0 aliphatic carbocycles. The summed E-state index contributed by atoms with van der Waals surface area (Å²) in [5.41, 5.74) is 7.09. The Morgan fingerprint density at radius 3 is 2.62 bits per heavy atom. The van der Waals surface area contributed by atoms with Crippen molar-refractivity contribution in [3.63, 3.8) is 0 Å². The number of benzene rings is 1. The van der Waals surface area contributed by atoms with Gasteiger partial charge in [0.05, 0.1) is 11.4 Å². The molecule has 0 fully saturated rings. The number of H-pyrrole nitrogens is 1. The maximum Gasteiger partial charge on any atom is 0.127 e. The molecule has 4 heterocycles. The Morgan fingerprint density at radius 1 is 0.828 bits per heavy atom. The molecule has 5 nitrogen and oxygen atoms in total. The topological polar surface area (TPSA) is 66.5 Å². The average molecular weight is 377 g/mol. The largest absolute Gasteiger partial charge is 0.373 e. The molecule has 0 saturated carbocycles. The second-order valence-electron chi connectivity index (χ2n) is 6.80. The summed E-state index contributed by atoms with van der Waals surface area (Å²) in [6.07, 6.45) is 7.54. The minimum Gasteiger partial charge on any atom is -0.373 e. The van der Waals surface area contributed by atoms with Crippen LogP contribution in [0.2, 0.25) is 0 Å². The summed E-state index contributed by atoms with van der Waals surface area (Å²) in [6, 6.07) is 20.5. The van der Waals surface area contributed by atoms with Crippen LogP contribution in [0.5, 0.6) is 0 Å². The number of hydrogen-bond acceptors (Lipinski definition) is 4. The maximum absolute atomic E-state index is 4.66. The lowest BCUT2D eigenvalue weighted by Gasteiger charge is -2.10. The molecule has 0 unspecified atom stereocenters. The van der Waals surface area contributed by atoms with Gasteiger partial charge in [0.25, 0.3) is 0 Å². The van der Waals surface area contributed by atoms with Gasteiger partial charge in [0.1, 0.15) is 5.82 Å². The van der Waals surface area contributed by atoms with Crippen molar-refractivity contribution in [2.24, 2.45) is 0 Å². The summed E-state index contributed by atoms with van der Waals surface area (Å²) >= 11 is 0. The highest BCUT2D eigenvalue weighted by Gasteiger charge is 2.10. The quantitative estimate of drug-likeness (QED) is 0.440. The van der Waals surface area contributed by atoms with E-state index in [9.17, 15) is 0 Å². The number of nitrogens with one attached hydrogen (secondary N) is 2. The smallest absolute Gasteiger partial charge is 0.127 e. The van der Waals surface area contributed by atoms with Crippen molar-refractivity contribution in [3.05, 3.63) is 85.5 Å². The van der Waals surface area contributed by atoms with E-state index in [-0.39, 0.29) is 0 Å². The summed E-state index contributed by atoms with van der Waals surface area (Å²) in [5.74, 6) is 0.793. The van der Waals surface area contributed by atoms with E-state index < -0.39 is 0 Å². The molecule has 5 heteroatoms. The number of rotatable bonds is 4. The summed E-state index contributed by atoms with van der Waals surface area (Å²) in [5, 5.41) is 4.34. The van der Waals surface area contributed by atoms with Gasteiger partial charge in [-0.25, -0.2) is 4.98 Å². The van der Waals surface area contributed by atoms with Crippen LogP contribution in [0.1, 0.15) is 0 Å². The van der Waals surface area contributed by atoms with Gasteiger partial charge in [-0.1, -0.05) is 18.2 Å². The van der Waals surface area contributed by atoms with E-state index in [0.29, 0.717) is 0 Å². The fourth-order valence-electron chi connectivity index (χ4n) is 3.55. The Hall–Kier alpha value is -3.99. The van der Waals surface area contributed by atoms with Crippen LogP contribution in [0.3, 0.4) is 0 Å². The number of hydrogen-bond donors (Lipinski definition) is 2. The van der Waals surface area contributed by atoms with Crippen LogP contribution in [-0.4, -0.2) is 27.0 Å². The van der Waals surface area contributed by atoms with E-state index in [0.717, 1.165) is 45.0 Å². The lowest BCUT2D eigenvalue weighted by atomic mass is 9.99. The molecule has 0 aliphatic heterocycles. The van der Waals surface area contributed by atoms with Crippen molar-refractivity contribution in [1.29, 1.82) is 0 Å². The first-order chi connectivity index (χ1) is 14.3. The van der Waals surface area contributed by atoms with Crippen molar-refractivity contribution in [2.75, 3.05) is 12.4 Å². The zero-order valence-electron chi connectivity index (χ0n) is 15.9. The Kier molecular flexibility index (Phi) is 4.26. The monoisotopic (exact) mass is 377 g/mol.